The van der Waals surface area contributed by atoms with Gasteiger partial charge in [0.05, 0.1) is 5.60 Å². The van der Waals surface area contributed by atoms with Crippen molar-refractivity contribution in [2.75, 3.05) is 25.9 Å². The second-order valence-corrected chi connectivity index (χ2v) is 6.89. The molecule has 0 bridgehead atoms. The zero-order valence-corrected chi connectivity index (χ0v) is 12.0. The predicted molar refractivity (Wildman–Crippen MR) is 72.1 cm³/mol. The van der Waals surface area contributed by atoms with Gasteiger partial charge in [-0.2, -0.15) is 4.31 Å². The Morgan fingerprint density at radius 3 is 2.89 bits per heavy atom. The van der Waals surface area contributed by atoms with Gasteiger partial charge in [-0.1, -0.05) is 0 Å². The van der Waals surface area contributed by atoms with Crippen LogP contribution >= 0.6 is 0 Å². The number of aromatic nitrogens is 1. The fraction of sp³-hybridized carbons (Fsp3) is 0.583. The van der Waals surface area contributed by atoms with Crippen molar-refractivity contribution in [3.63, 3.8) is 0 Å². The number of ether oxygens (including phenoxy) is 1. The summed E-state index contributed by atoms with van der Waals surface area (Å²) in [6.45, 7) is 2.73. The molecule has 0 saturated carbocycles. The van der Waals surface area contributed by atoms with Gasteiger partial charge in [0.15, 0.2) is 0 Å². The van der Waals surface area contributed by atoms with E-state index in [-0.39, 0.29) is 10.7 Å². The highest BCUT2D eigenvalue weighted by atomic mass is 32.2. The molecule has 0 aliphatic carbocycles. The summed E-state index contributed by atoms with van der Waals surface area (Å²) in [5.74, 6) is 0.0344. The highest BCUT2D eigenvalue weighted by Gasteiger charge is 2.37. The lowest BCUT2D eigenvalue weighted by Crippen LogP contribution is -2.49. The highest BCUT2D eigenvalue weighted by Crippen LogP contribution is 2.29. The Bertz CT molecular complexity index is 561. The van der Waals surface area contributed by atoms with Crippen LogP contribution in [0.15, 0.2) is 23.2 Å². The van der Waals surface area contributed by atoms with E-state index in [4.69, 9.17) is 10.5 Å². The summed E-state index contributed by atoms with van der Waals surface area (Å²) in [6, 6.07) is 3.05. The zero-order chi connectivity index (χ0) is 14.1. The van der Waals surface area contributed by atoms with E-state index in [0.29, 0.717) is 13.1 Å². The molecule has 0 aromatic carbocycles. The summed E-state index contributed by atoms with van der Waals surface area (Å²) >= 11 is 0. The van der Waals surface area contributed by atoms with Gasteiger partial charge in [0.1, 0.15) is 10.7 Å². The lowest BCUT2D eigenvalue weighted by Gasteiger charge is -2.38. The van der Waals surface area contributed by atoms with Gasteiger partial charge < -0.3 is 10.5 Å². The monoisotopic (exact) mass is 285 g/mol. The summed E-state index contributed by atoms with van der Waals surface area (Å²) in [6.07, 6.45) is 3.09. The molecule has 106 valence electrons. The molecule has 0 amide bonds. The van der Waals surface area contributed by atoms with E-state index in [2.05, 4.69) is 4.98 Å². The van der Waals surface area contributed by atoms with Gasteiger partial charge in [-0.3, -0.25) is 0 Å². The van der Waals surface area contributed by atoms with Gasteiger partial charge in [-0.15, -0.1) is 0 Å². The van der Waals surface area contributed by atoms with Crippen molar-refractivity contribution in [1.29, 1.82) is 0 Å². The number of methoxy groups -OCH3 is 1. The molecule has 1 atom stereocenters. The minimum absolute atomic E-state index is 0.0344. The standard InChI is InChI=1S/C12H19N3O3S/c1-12(18-2)6-4-8-15(9-12)19(16,17)10-5-3-7-14-11(10)13/h3,5,7H,4,6,8-9H2,1-2H3,(H2,13,14). The lowest BCUT2D eigenvalue weighted by atomic mass is 9.96. The Labute approximate surface area is 113 Å². The first-order valence-corrected chi connectivity index (χ1v) is 7.59. The van der Waals surface area contributed by atoms with Crippen molar-refractivity contribution < 1.29 is 13.2 Å². The maximum atomic E-state index is 12.6. The molecular formula is C12H19N3O3S. The molecule has 2 N–H and O–H groups in total. The van der Waals surface area contributed by atoms with Crippen LogP contribution < -0.4 is 5.73 Å². The molecular weight excluding hydrogens is 266 g/mol. The van der Waals surface area contributed by atoms with Crippen LogP contribution in [-0.4, -0.2) is 43.5 Å². The van der Waals surface area contributed by atoms with E-state index < -0.39 is 15.6 Å². The van der Waals surface area contributed by atoms with Crippen molar-refractivity contribution in [2.24, 2.45) is 0 Å². The quantitative estimate of drug-likeness (QED) is 0.890. The Hall–Kier alpha value is -1.18. The van der Waals surface area contributed by atoms with Gasteiger partial charge in [-0.05, 0) is 31.9 Å². The number of nitrogen functional groups attached to an aromatic ring is 1. The number of nitrogens with zero attached hydrogens (tertiary/aromatic N) is 2. The number of nitrogens with two attached hydrogens (primary N) is 1. The van der Waals surface area contributed by atoms with Crippen LogP contribution in [0.2, 0.25) is 0 Å². The molecule has 1 aliphatic rings. The molecule has 1 aromatic rings. The number of pyridine rings is 1. The first-order chi connectivity index (χ1) is 8.89. The molecule has 6 nitrogen and oxygen atoms in total. The summed E-state index contributed by atoms with van der Waals surface area (Å²) in [5.41, 5.74) is 5.22. The van der Waals surface area contributed by atoms with Gasteiger partial charge in [-0.25, -0.2) is 13.4 Å². The fourth-order valence-corrected chi connectivity index (χ4v) is 3.95. The molecule has 1 fully saturated rings. The fourth-order valence-electron chi connectivity index (χ4n) is 2.29. The minimum Gasteiger partial charge on any atom is -0.383 e. The Morgan fingerprint density at radius 2 is 2.26 bits per heavy atom. The van der Waals surface area contributed by atoms with E-state index in [1.165, 1.54) is 16.6 Å². The number of piperidine rings is 1. The summed E-state index contributed by atoms with van der Waals surface area (Å²) in [7, 11) is -2.00. The molecule has 19 heavy (non-hydrogen) atoms. The Kier molecular flexibility index (Phi) is 3.80. The summed E-state index contributed by atoms with van der Waals surface area (Å²) in [5, 5.41) is 0. The third kappa shape index (κ3) is 2.72. The van der Waals surface area contributed by atoms with Crippen molar-refractivity contribution in [3.05, 3.63) is 18.3 Å². The first kappa shape index (κ1) is 14.2. The van der Waals surface area contributed by atoms with E-state index in [1.54, 1.807) is 13.2 Å². The molecule has 0 spiro atoms. The molecule has 1 aromatic heterocycles. The van der Waals surface area contributed by atoms with Crippen molar-refractivity contribution in [2.45, 2.75) is 30.3 Å². The molecule has 1 saturated heterocycles. The summed E-state index contributed by atoms with van der Waals surface area (Å²) < 4.78 is 32.0. The Morgan fingerprint density at radius 1 is 1.53 bits per heavy atom. The zero-order valence-electron chi connectivity index (χ0n) is 11.2. The number of rotatable bonds is 3. The van der Waals surface area contributed by atoms with Crippen molar-refractivity contribution in [3.8, 4) is 0 Å². The second-order valence-electron chi connectivity index (χ2n) is 4.98. The third-order valence-electron chi connectivity index (χ3n) is 3.53. The van der Waals surface area contributed by atoms with E-state index in [1.807, 2.05) is 6.92 Å². The van der Waals surface area contributed by atoms with Crippen LogP contribution in [0.25, 0.3) is 0 Å². The van der Waals surface area contributed by atoms with Crippen LogP contribution in [0.5, 0.6) is 0 Å². The highest BCUT2D eigenvalue weighted by molar-refractivity contribution is 7.89. The van der Waals surface area contributed by atoms with Gasteiger partial charge in [0.25, 0.3) is 0 Å². The minimum atomic E-state index is -3.61. The van der Waals surface area contributed by atoms with Crippen LogP contribution in [0.4, 0.5) is 5.82 Å². The van der Waals surface area contributed by atoms with Crippen LogP contribution in [0, 0.1) is 0 Å². The number of anilines is 1. The molecule has 1 aliphatic heterocycles. The van der Waals surface area contributed by atoms with Gasteiger partial charge >= 0.3 is 0 Å². The van der Waals surface area contributed by atoms with E-state index >= 15 is 0 Å². The smallest absolute Gasteiger partial charge is 0.246 e. The van der Waals surface area contributed by atoms with Crippen molar-refractivity contribution in [1.82, 2.24) is 9.29 Å². The van der Waals surface area contributed by atoms with Gasteiger partial charge in [0.2, 0.25) is 10.0 Å². The average Bonchev–Trinajstić information content (AvgIpc) is 2.39. The van der Waals surface area contributed by atoms with Crippen LogP contribution in [0.3, 0.4) is 0 Å². The third-order valence-corrected chi connectivity index (χ3v) is 5.43. The Balaban J connectivity index is 2.33. The molecule has 2 rings (SSSR count). The summed E-state index contributed by atoms with van der Waals surface area (Å²) in [4.78, 5) is 3.90. The number of hydrogen-bond donors (Lipinski definition) is 1. The van der Waals surface area contributed by atoms with Gasteiger partial charge in [0, 0.05) is 26.4 Å². The predicted octanol–water partition coefficient (Wildman–Crippen LogP) is 0.853. The molecule has 1 unspecified atom stereocenters. The van der Waals surface area contributed by atoms with E-state index in [0.717, 1.165) is 12.8 Å². The normalized spacial score (nSPS) is 25.4. The van der Waals surface area contributed by atoms with Crippen LogP contribution in [-0.2, 0) is 14.8 Å². The SMILES string of the molecule is COC1(C)CCCN(S(=O)(=O)c2cccnc2N)C1. The maximum Gasteiger partial charge on any atom is 0.246 e. The molecule has 0 radical (unpaired) electrons. The largest absolute Gasteiger partial charge is 0.383 e. The second kappa shape index (κ2) is 5.07. The average molecular weight is 285 g/mol. The molecule has 7 heteroatoms. The van der Waals surface area contributed by atoms with E-state index in [9.17, 15) is 8.42 Å². The lowest BCUT2D eigenvalue weighted by molar-refractivity contribution is -0.0319. The molecule has 2 heterocycles. The number of hydrogen-bond acceptors (Lipinski definition) is 5. The van der Waals surface area contributed by atoms with Crippen LogP contribution in [0.1, 0.15) is 19.8 Å². The number of sulfonamides is 1. The van der Waals surface area contributed by atoms with Crippen molar-refractivity contribution >= 4 is 15.8 Å². The maximum absolute atomic E-state index is 12.6. The first-order valence-electron chi connectivity index (χ1n) is 6.15. The topological polar surface area (TPSA) is 85.5 Å².